The predicted molar refractivity (Wildman–Crippen MR) is 47.1 cm³/mol. The molecule has 3 heteroatoms. The first-order chi connectivity index (χ1) is 5.77. The molecule has 3 nitrogen and oxygen atoms in total. The quantitative estimate of drug-likeness (QED) is 0.677. The van der Waals surface area contributed by atoms with Crippen molar-refractivity contribution in [2.45, 2.75) is 12.8 Å². The zero-order chi connectivity index (χ0) is 8.97. The van der Waals surface area contributed by atoms with E-state index in [9.17, 15) is 4.79 Å². The lowest BCUT2D eigenvalue weighted by Crippen LogP contribution is -2.10. The van der Waals surface area contributed by atoms with Crippen molar-refractivity contribution in [2.75, 3.05) is 6.54 Å². The molecule has 0 fully saturated rings. The molecule has 0 aliphatic carbocycles. The van der Waals surface area contributed by atoms with E-state index < -0.39 is 0 Å². The molecular weight excluding hydrogens is 152 g/mol. The van der Waals surface area contributed by atoms with E-state index in [0.29, 0.717) is 12.1 Å². The van der Waals surface area contributed by atoms with Crippen molar-refractivity contribution in [1.29, 1.82) is 0 Å². The third-order valence-electron chi connectivity index (χ3n) is 1.80. The van der Waals surface area contributed by atoms with Gasteiger partial charge >= 0.3 is 0 Å². The molecule has 0 aliphatic rings. The van der Waals surface area contributed by atoms with Gasteiger partial charge in [0, 0.05) is 29.9 Å². The summed E-state index contributed by atoms with van der Waals surface area (Å²) in [6, 6.07) is 3.45. The summed E-state index contributed by atoms with van der Waals surface area (Å²) in [6.45, 7) is 2.53. The van der Waals surface area contributed by atoms with Crippen LogP contribution >= 0.6 is 0 Å². The van der Waals surface area contributed by atoms with Crippen molar-refractivity contribution in [2.24, 2.45) is 5.73 Å². The lowest BCUT2D eigenvalue weighted by atomic mass is 10.1. The Balaban J connectivity index is 2.93. The van der Waals surface area contributed by atoms with E-state index in [0.717, 1.165) is 12.0 Å². The van der Waals surface area contributed by atoms with Gasteiger partial charge in [0.05, 0.1) is 0 Å². The molecule has 0 saturated heterocycles. The van der Waals surface area contributed by atoms with Crippen LogP contribution in [-0.4, -0.2) is 17.8 Å². The zero-order valence-electron chi connectivity index (χ0n) is 7.03. The van der Waals surface area contributed by atoms with Crippen LogP contribution < -0.4 is 5.73 Å². The summed E-state index contributed by atoms with van der Waals surface area (Å²) in [4.78, 5) is 14.5. The highest BCUT2D eigenvalue weighted by Crippen LogP contribution is 2.10. The second kappa shape index (κ2) is 3.97. The average Bonchev–Trinajstić information content (AvgIpc) is 2.17. The van der Waals surface area contributed by atoms with Gasteiger partial charge in [0.15, 0.2) is 0 Å². The number of aromatic nitrogens is 1. The van der Waals surface area contributed by atoms with E-state index in [1.165, 1.54) is 0 Å². The van der Waals surface area contributed by atoms with E-state index in [4.69, 9.17) is 5.73 Å². The summed E-state index contributed by atoms with van der Waals surface area (Å²) in [6.07, 6.45) is 2.44. The van der Waals surface area contributed by atoms with Gasteiger partial charge in [-0.25, -0.2) is 0 Å². The Hall–Kier alpha value is -1.22. The maximum absolute atomic E-state index is 10.4. The first-order valence-corrected chi connectivity index (χ1v) is 3.89. The number of aldehydes is 1. The van der Waals surface area contributed by atoms with Crippen molar-refractivity contribution in [3.05, 3.63) is 29.6 Å². The molecule has 1 rings (SSSR count). The Morgan fingerprint density at radius 2 is 2.50 bits per heavy atom. The summed E-state index contributed by atoms with van der Waals surface area (Å²) < 4.78 is 0. The highest BCUT2D eigenvalue weighted by atomic mass is 16.1. The lowest BCUT2D eigenvalue weighted by molar-refractivity contribution is 0.112. The molecule has 1 atom stereocenters. The fraction of sp³-hybridized carbons (Fsp3) is 0.333. The minimum Gasteiger partial charge on any atom is -0.330 e. The molecular formula is C9H12N2O. The monoisotopic (exact) mass is 164 g/mol. The van der Waals surface area contributed by atoms with Gasteiger partial charge in [0.25, 0.3) is 0 Å². The molecule has 0 radical (unpaired) electrons. The van der Waals surface area contributed by atoms with Gasteiger partial charge in [0.2, 0.25) is 0 Å². The molecule has 0 amide bonds. The summed E-state index contributed by atoms with van der Waals surface area (Å²) in [5.41, 5.74) is 7.00. The van der Waals surface area contributed by atoms with E-state index in [-0.39, 0.29) is 5.92 Å². The lowest BCUT2D eigenvalue weighted by Gasteiger charge is -2.06. The summed E-state index contributed by atoms with van der Waals surface area (Å²) in [5, 5.41) is 0. The molecule has 12 heavy (non-hydrogen) atoms. The molecule has 0 aliphatic heterocycles. The van der Waals surface area contributed by atoms with Gasteiger partial charge in [-0.05, 0) is 12.1 Å². The van der Waals surface area contributed by atoms with Crippen LogP contribution in [0.5, 0.6) is 0 Å². The van der Waals surface area contributed by atoms with E-state index in [2.05, 4.69) is 4.98 Å². The van der Waals surface area contributed by atoms with Gasteiger partial charge in [-0.3, -0.25) is 9.78 Å². The summed E-state index contributed by atoms with van der Waals surface area (Å²) in [7, 11) is 0. The molecule has 0 bridgehead atoms. The van der Waals surface area contributed by atoms with Gasteiger partial charge in [-0.1, -0.05) is 6.92 Å². The average molecular weight is 164 g/mol. The second-order valence-electron chi connectivity index (χ2n) is 2.77. The third-order valence-corrected chi connectivity index (χ3v) is 1.80. The fourth-order valence-electron chi connectivity index (χ4n) is 0.929. The standard InChI is InChI=1S/C9H12N2O/c1-7(5-10)9-4-8(6-12)2-3-11-9/h2-4,6-7H,5,10H2,1H3. The van der Waals surface area contributed by atoms with Crippen molar-refractivity contribution >= 4 is 6.29 Å². The molecule has 1 unspecified atom stereocenters. The molecule has 0 aromatic carbocycles. The van der Waals surface area contributed by atoms with Gasteiger partial charge in [0.1, 0.15) is 6.29 Å². The fourth-order valence-corrected chi connectivity index (χ4v) is 0.929. The maximum atomic E-state index is 10.4. The minimum absolute atomic E-state index is 0.213. The van der Waals surface area contributed by atoms with Crippen LogP contribution in [0.4, 0.5) is 0 Å². The number of hydrogen-bond acceptors (Lipinski definition) is 3. The van der Waals surface area contributed by atoms with Crippen LogP contribution in [0, 0.1) is 0 Å². The number of carbonyl (C=O) groups excluding carboxylic acids is 1. The van der Waals surface area contributed by atoms with Crippen LogP contribution in [0.25, 0.3) is 0 Å². The molecule has 2 N–H and O–H groups in total. The van der Waals surface area contributed by atoms with Gasteiger partial charge < -0.3 is 5.73 Å². The van der Waals surface area contributed by atoms with Crippen molar-refractivity contribution in [3.8, 4) is 0 Å². The van der Waals surface area contributed by atoms with Crippen LogP contribution in [0.2, 0.25) is 0 Å². The topological polar surface area (TPSA) is 56.0 Å². The Bertz CT molecular complexity index is 273. The van der Waals surface area contributed by atoms with Crippen LogP contribution in [0.1, 0.15) is 28.9 Å². The Morgan fingerprint density at radius 1 is 1.75 bits per heavy atom. The summed E-state index contributed by atoms with van der Waals surface area (Å²) >= 11 is 0. The third kappa shape index (κ3) is 1.89. The van der Waals surface area contributed by atoms with Crippen LogP contribution in [0.15, 0.2) is 18.3 Å². The normalized spacial score (nSPS) is 12.5. The number of pyridine rings is 1. The molecule has 0 saturated carbocycles. The number of hydrogen-bond donors (Lipinski definition) is 1. The van der Waals surface area contributed by atoms with E-state index >= 15 is 0 Å². The highest BCUT2D eigenvalue weighted by Gasteiger charge is 2.04. The minimum atomic E-state index is 0.213. The first kappa shape index (κ1) is 8.87. The molecule has 1 aromatic rings. The smallest absolute Gasteiger partial charge is 0.150 e. The molecule has 1 aromatic heterocycles. The van der Waals surface area contributed by atoms with E-state index in [1.54, 1.807) is 18.3 Å². The summed E-state index contributed by atoms with van der Waals surface area (Å²) in [5.74, 6) is 0.213. The van der Waals surface area contributed by atoms with Crippen LogP contribution in [0.3, 0.4) is 0 Å². The second-order valence-corrected chi connectivity index (χ2v) is 2.77. The van der Waals surface area contributed by atoms with E-state index in [1.807, 2.05) is 6.92 Å². The predicted octanol–water partition coefficient (Wildman–Crippen LogP) is 0.956. The largest absolute Gasteiger partial charge is 0.330 e. The number of rotatable bonds is 3. The first-order valence-electron chi connectivity index (χ1n) is 3.89. The van der Waals surface area contributed by atoms with Gasteiger partial charge in [-0.2, -0.15) is 0 Å². The van der Waals surface area contributed by atoms with Gasteiger partial charge in [-0.15, -0.1) is 0 Å². The highest BCUT2D eigenvalue weighted by molar-refractivity contribution is 5.74. The number of nitrogens with zero attached hydrogens (tertiary/aromatic N) is 1. The number of nitrogens with two attached hydrogens (primary N) is 1. The molecule has 1 heterocycles. The Morgan fingerprint density at radius 3 is 3.08 bits per heavy atom. The molecule has 64 valence electrons. The Kier molecular flexibility index (Phi) is 2.94. The van der Waals surface area contributed by atoms with Crippen molar-refractivity contribution < 1.29 is 4.79 Å². The van der Waals surface area contributed by atoms with Crippen molar-refractivity contribution in [1.82, 2.24) is 4.98 Å². The maximum Gasteiger partial charge on any atom is 0.150 e. The zero-order valence-corrected chi connectivity index (χ0v) is 7.03. The number of carbonyl (C=O) groups is 1. The van der Waals surface area contributed by atoms with Crippen LogP contribution in [-0.2, 0) is 0 Å². The molecule has 0 spiro atoms. The Labute approximate surface area is 71.6 Å². The SMILES string of the molecule is CC(CN)c1cc(C=O)ccn1. The van der Waals surface area contributed by atoms with Crippen molar-refractivity contribution in [3.63, 3.8) is 0 Å².